The topological polar surface area (TPSA) is 77.9 Å². The molecule has 1 aromatic carbocycles. The van der Waals surface area contributed by atoms with Gasteiger partial charge in [-0.15, -0.1) is 0 Å². The van der Waals surface area contributed by atoms with Crippen molar-refractivity contribution in [3.05, 3.63) is 53.3 Å². The maximum absolute atomic E-state index is 11.0. The first kappa shape index (κ1) is 13.4. The number of hydrogen-bond donors (Lipinski definition) is 1. The van der Waals surface area contributed by atoms with Crippen molar-refractivity contribution in [2.45, 2.75) is 13.2 Å². The quantitative estimate of drug-likeness (QED) is 0.908. The van der Waals surface area contributed by atoms with E-state index >= 15 is 0 Å². The summed E-state index contributed by atoms with van der Waals surface area (Å²) >= 11 is 0. The fraction of sp³-hybridized carbons (Fsp3) is 0.200. The highest BCUT2D eigenvalue weighted by molar-refractivity contribution is 5.86. The molecule has 0 radical (unpaired) electrons. The Labute approximate surface area is 120 Å². The third kappa shape index (κ3) is 2.95. The van der Waals surface area contributed by atoms with Crippen LogP contribution in [0.1, 0.15) is 21.6 Å². The molecular weight excluding hydrogens is 274 g/mol. The molecule has 0 saturated heterocycles. The highest BCUT2D eigenvalue weighted by Crippen LogP contribution is 2.32. The molecule has 0 spiro atoms. The molecule has 6 heteroatoms. The molecule has 2 aromatic rings. The smallest absolute Gasteiger partial charge is 0.354 e. The lowest BCUT2D eigenvalue weighted by Gasteiger charge is -2.07. The van der Waals surface area contributed by atoms with Crippen LogP contribution in [0.15, 0.2) is 36.5 Å². The van der Waals surface area contributed by atoms with Crippen molar-refractivity contribution in [2.24, 2.45) is 0 Å². The molecule has 1 aliphatic rings. The molecule has 108 valence electrons. The van der Waals surface area contributed by atoms with E-state index < -0.39 is 5.97 Å². The zero-order valence-corrected chi connectivity index (χ0v) is 11.1. The molecule has 0 fully saturated rings. The van der Waals surface area contributed by atoms with Crippen LogP contribution in [0.5, 0.6) is 11.5 Å². The first-order chi connectivity index (χ1) is 10.2. The Morgan fingerprint density at radius 3 is 2.95 bits per heavy atom. The Balaban J connectivity index is 1.63. The number of carboxylic acid groups (broad SMARTS) is 1. The van der Waals surface area contributed by atoms with Crippen LogP contribution in [-0.2, 0) is 18.0 Å². The van der Waals surface area contributed by atoms with E-state index in [2.05, 4.69) is 4.98 Å². The standard InChI is InChI=1S/C15H13NO5/c17-15(18)14-11(2-1-5-16-14)8-19-7-10-3-4-12-13(6-10)21-9-20-12/h1-6H,7-9H2,(H,17,18). The van der Waals surface area contributed by atoms with Crippen molar-refractivity contribution in [3.8, 4) is 11.5 Å². The highest BCUT2D eigenvalue weighted by Gasteiger charge is 2.14. The predicted octanol–water partition coefficient (Wildman–Crippen LogP) is 2.23. The van der Waals surface area contributed by atoms with Gasteiger partial charge in [0.05, 0.1) is 13.2 Å². The van der Waals surface area contributed by atoms with E-state index in [-0.39, 0.29) is 19.1 Å². The normalized spacial score (nSPS) is 12.4. The Bertz CT molecular complexity index is 671. The van der Waals surface area contributed by atoms with Crippen LogP contribution in [-0.4, -0.2) is 22.9 Å². The maximum Gasteiger partial charge on any atom is 0.354 e. The number of fused-ring (bicyclic) bond motifs is 1. The van der Waals surface area contributed by atoms with E-state index in [1.54, 1.807) is 12.1 Å². The summed E-state index contributed by atoms with van der Waals surface area (Å²) in [7, 11) is 0. The Hall–Kier alpha value is -2.60. The molecule has 1 aromatic heterocycles. The van der Waals surface area contributed by atoms with Crippen molar-refractivity contribution in [2.75, 3.05) is 6.79 Å². The van der Waals surface area contributed by atoms with E-state index in [1.165, 1.54) is 6.20 Å². The second-order valence-electron chi connectivity index (χ2n) is 4.50. The Kier molecular flexibility index (Phi) is 3.70. The largest absolute Gasteiger partial charge is 0.477 e. The van der Waals surface area contributed by atoms with E-state index in [0.29, 0.717) is 17.9 Å². The van der Waals surface area contributed by atoms with E-state index in [9.17, 15) is 4.79 Å². The van der Waals surface area contributed by atoms with Crippen LogP contribution in [0, 0.1) is 0 Å². The third-order valence-electron chi connectivity index (χ3n) is 3.06. The van der Waals surface area contributed by atoms with Crippen LogP contribution in [0.3, 0.4) is 0 Å². The fourth-order valence-electron chi connectivity index (χ4n) is 2.06. The minimum atomic E-state index is -1.06. The molecule has 21 heavy (non-hydrogen) atoms. The fourth-order valence-corrected chi connectivity index (χ4v) is 2.06. The van der Waals surface area contributed by atoms with Gasteiger partial charge in [0.15, 0.2) is 17.2 Å². The van der Waals surface area contributed by atoms with E-state index in [1.807, 2.05) is 18.2 Å². The van der Waals surface area contributed by atoms with Crippen LogP contribution >= 0.6 is 0 Å². The number of nitrogens with zero attached hydrogens (tertiary/aromatic N) is 1. The molecule has 0 bridgehead atoms. The molecule has 6 nitrogen and oxygen atoms in total. The van der Waals surface area contributed by atoms with Gasteiger partial charge < -0.3 is 19.3 Å². The zero-order chi connectivity index (χ0) is 14.7. The third-order valence-corrected chi connectivity index (χ3v) is 3.06. The van der Waals surface area contributed by atoms with Gasteiger partial charge in [-0.25, -0.2) is 9.78 Å². The molecule has 0 saturated carbocycles. The Morgan fingerprint density at radius 1 is 1.24 bits per heavy atom. The number of carbonyl (C=O) groups is 1. The summed E-state index contributed by atoms with van der Waals surface area (Å²) in [5, 5.41) is 9.04. The number of aromatic nitrogens is 1. The van der Waals surface area contributed by atoms with Crippen LogP contribution in [0.25, 0.3) is 0 Å². The number of aromatic carboxylic acids is 1. The summed E-state index contributed by atoms with van der Waals surface area (Å²) in [6.07, 6.45) is 1.45. The van der Waals surface area contributed by atoms with Crippen LogP contribution in [0.4, 0.5) is 0 Å². The van der Waals surface area contributed by atoms with Gasteiger partial charge in [-0.1, -0.05) is 12.1 Å². The number of benzene rings is 1. The zero-order valence-electron chi connectivity index (χ0n) is 11.1. The monoisotopic (exact) mass is 287 g/mol. The molecule has 3 rings (SSSR count). The minimum absolute atomic E-state index is 0.0168. The summed E-state index contributed by atoms with van der Waals surface area (Å²) in [5.74, 6) is 0.361. The number of pyridine rings is 1. The molecule has 1 aliphatic heterocycles. The molecule has 1 N–H and O–H groups in total. The van der Waals surface area contributed by atoms with Gasteiger partial charge in [0.25, 0.3) is 0 Å². The van der Waals surface area contributed by atoms with Crippen molar-refractivity contribution in [1.29, 1.82) is 0 Å². The molecule has 2 heterocycles. The summed E-state index contributed by atoms with van der Waals surface area (Å²) in [5.41, 5.74) is 1.49. The first-order valence-corrected chi connectivity index (χ1v) is 6.37. The van der Waals surface area contributed by atoms with Gasteiger partial charge in [-0.2, -0.15) is 0 Å². The van der Waals surface area contributed by atoms with Crippen molar-refractivity contribution < 1.29 is 24.1 Å². The van der Waals surface area contributed by atoms with Crippen molar-refractivity contribution in [1.82, 2.24) is 4.98 Å². The van der Waals surface area contributed by atoms with Crippen molar-refractivity contribution >= 4 is 5.97 Å². The molecular formula is C15H13NO5. The molecule has 0 amide bonds. The average molecular weight is 287 g/mol. The SMILES string of the molecule is O=C(O)c1ncccc1COCc1ccc2c(c1)OCO2. The number of hydrogen-bond acceptors (Lipinski definition) is 5. The Morgan fingerprint density at radius 2 is 2.10 bits per heavy atom. The van der Waals surface area contributed by atoms with E-state index in [4.69, 9.17) is 19.3 Å². The van der Waals surface area contributed by atoms with Crippen molar-refractivity contribution in [3.63, 3.8) is 0 Å². The second-order valence-corrected chi connectivity index (χ2v) is 4.50. The summed E-state index contributed by atoms with van der Waals surface area (Å²) < 4.78 is 16.1. The van der Waals surface area contributed by atoms with Gasteiger partial charge in [-0.05, 0) is 23.8 Å². The first-order valence-electron chi connectivity index (χ1n) is 6.37. The molecule has 0 atom stereocenters. The van der Waals surface area contributed by atoms with Crippen LogP contribution < -0.4 is 9.47 Å². The van der Waals surface area contributed by atoms with Gasteiger partial charge in [0, 0.05) is 11.8 Å². The van der Waals surface area contributed by atoms with E-state index in [0.717, 1.165) is 11.3 Å². The van der Waals surface area contributed by atoms with Gasteiger partial charge in [0.2, 0.25) is 6.79 Å². The lowest BCUT2D eigenvalue weighted by atomic mass is 10.2. The van der Waals surface area contributed by atoms with Gasteiger partial charge in [0.1, 0.15) is 0 Å². The number of carboxylic acids is 1. The van der Waals surface area contributed by atoms with Gasteiger partial charge >= 0.3 is 5.97 Å². The number of ether oxygens (including phenoxy) is 3. The summed E-state index contributed by atoms with van der Waals surface area (Å²) in [6, 6.07) is 8.94. The maximum atomic E-state index is 11.0. The highest BCUT2D eigenvalue weighted by atomic mass is 16.7. The minimum Gasteiger partial charge on any atom is -0.477 e. The van der Waals surface area contributed by atoms with Crippen LogP contribution in [0.2, 0.25) is 0 Å². The lowest BCUT2D eigenvalue weighted by molar-refractivity contribution is 0.0676. The second kappa shape index (κ2) is 5.80. The summed E-state index contributed by atoms with van der Waals surface area (Å²) in [4.78, 5) is 14.9. The molecule has 0 unspecified atom stereocenters. The number of rotatable bonds is 5. The average Bonchev–Trinajstić information content (AvgIpc) is 2.95. The summed E-state index contributed by atoms with van der Waals surface area (Å²) in [6.45, 7) is 0.770. The van der Waals surface area contributed by atoms with Gasteiger partial charge in [-0.3, -0.25) is 0 Å². The predicted molar refractivity (Wildman–Crippen MR) is 72.3 cm³/mol. The molecule has 0 aliphatic carbocycles. The lowest BCUT2D eigenvalue weighted by Crippen LogP contribution is -2.06.